The van der Waals surface area contributed by atoms with Gasteiger partial charge in [0.1, 0.15) is 16.9 Å². The second-order valence-corrected chi connectivity index (χ2v) is 7.28. The van der Waals surface area contributed by atoms with Crippen LogP contribution in [0, 0.1) is 13.8 Å². The number of thiazole rings is 1. The van der Waals surface area contributed by atoms with Gasteiger partial charge in [0.15, 0.2) is 5.13 Å². The molecule has 2 heterocycles. The molecule has 0 aliphatic heterocycles. The first-order chi connectivity index (χ1) is 13.5. The molecule has 4 rings (SSSR count). The summed E-state index contributed by atoms with van der Waals surface area (Å²) < 4.78 is 5.91. The first-order valence-corrected chi connectivity index (χ1v) is 9.47. The Morgan fingerprint density at radius 1 is 1.18 bits per heavy atom. The molecule has 2 aromatic carbocycles. The van der Waals surface area contributed by atoms with E-state index in [2.05, 4.69) is 15.3 Å². The predicted molar refractivity (Wildman–Crippen MR) is 109 cm³/mol. The Morgan fingerprint density at radius 2 is 2.04 bits per heavy atom. The number of nitrogens with one attached hydrogen (secondary N) is 1. The summed E-state index contributed by atoms with van der Waals surface area (Å²) in [6, 6.07) is 12.3. The Labute approximate surface area is 164 Å². The van der Waals surface area contributed by atoms with E-state index in [1.807, 2.05) is 32.0 Å². The first-order valence-electron chi connectivity index (χ1n) is 8.59. The molecule has 0 fully saturated rings. The highest BCUT2D eigenvalue weighted by molar-refractivity contribution is 7.13. The molecular formula is C21H17N3O3S. The zero-order chi connectivity index (χ0) is 19.7. The highest BCUT2D eigenvalue weighted by atomic mass is 32.1. The number of benzene rings is 2. The van der Waals surface area contributed by atoms with E-state index >= 15 is 0 Å². The molecule has 0 aliphatic rings. The number of hydrogen-bond acceptors (Lipinski definition) is 6. The Hall–Kier alpha value is -3.45. The molecule has 0 bridgehead atoms. The molecule has 140 valence electrons. The van der Waals surface area contributed by atoms with Gasteiger partial charge in [0, 0.05) is 23.0 Å². The summed E-state index contributed by atoms with van der Waals surface area (Å²) in [4.78, 5) is 21.6. The van der Waals surface area contributed by atoms with Crippen LogP contribution in [0.3, 0.4) is 0 Å². The maximum Gasteiger partial charge on any atom is 0.262 e. The Bertz CT molecular complexity index is 1240. The van der Waals surface area contributed by atoms with Crippen molar-refractivity contribution in [2.75, 3.05) is 5.32 Å². The van der Waals surface area contributed by atoms with Gasteiger partial charge < -0.3 is 9.52 Å². The zero-order valence-corrected chi connectivity index (χ0v) is 16.1. The van der Waals surface area contributed by atoms with E-state index in [4.69, 9.17) is 4.42 Å². The SMILES string of the molecule is Cc1ccc(C)c(N=c2oc3cc(O)ccc3cc2C(=O)Nc2nccs2)c1. The summed E-state index contributed by atoms with van der Waals surface area (Å²) in [7, 11) is 0. The highest BCUT2D eigenvalue weighted by Crippen LogP contribution is 2.22. The molecule has 2 N–H and O–H groups in total. The molecule has 0 aliphatic carbocycles. The van der Waals surface area contributed by atoms with Crippen LogP contribution in [0.2, 0.25) is 0 Å². The third-order valence-corrected chi connectivity index (χ3v) is 4.91. The molecule has 28 heavy (non-hydrogen) atoms. The number of aromatic hydroxyl groups is 1. The van der Waals surface area contributed by atoms with E-state index in [0.717, 1.165) is 11.1 Å². The lowest BCUT2D eigenvalue weighted by atomic mass is 10.1. The maximum absolute atomic E-state index is 12.9. The lowest BCUT2D eigenvalue weighted by molar-refractivity contribution is 0.102. The summed E-state index contributed by atoms with van der Waals surface area (Å²) in [5.41, 5.74) is 3.62. The Kier molecular flexibility index (Phi) is 4.67. The monoisotopic (exact) mass is 391 g/mol. The molecule has 0 unspecified atom stereocenters. The number of nitrogens with zero attached hydrogens (tertiary/aromatic N) is 2. The minimum atomic E-state index is -0.363. The third kappa shape index (κ3) is 3.65. The van der Waals surface area contributed by atoms with Gasteiger partial charge in [-0.3, -0.25) is 10.1 Å². The minimum absolute atomic E-state index is 0.0777. The fourth-order valence-corrected chi connectivity index (χ4v) is 3.28. The third-order valence-electron chi connectivity index (χ3n) is 4.22. The highest BCUT2D eigenvalue weighted by Gasteiger charge is 2.15. The number of fused-ring (bicyclic) bond motifs is 1. The molecule has 0 radical (unpaired) electrons. The van der Waals surface area contributed by atoms with E-state index in [1.165, 1.54) is 17.4 Å². The summed E-state index contributed by atoms with van der Waals surface area (Å²) in [5, 5.41) is 15.5. The van der Waals surface area contributed by atoms with Gasteiger partial charge >= 0.3 is 0 Å². The summed E-state index contributed by atoms with van der Waals surface area (Å²) in [5.74, 6) is -0.286. The standard InChI is InChI=1S/C21H17N3O3S/c1-12-3-4-13(2)17(9-12)23-20-16(19(26)24-21-22-7-8-28-21)10-14-5-6-15(25)11-18(14)27-20/h3-11,25H,1-2H3,(H,22,24,26). The van der Waals surface area contributed by atoms with Crippen LogP contribution in [0.15, 0.2) is 63.5 Å². The van der Waals surface area contributed by atoms with Crippen molar-refractivity contribution in [2.45, 2.75) is 13.8 Å². The molecule has 6 nitrogen and oxygen atoms in total. The van der Waals surface area contributed by atoms with Crippen LogP contribution in [0.1, 0.15) is 21.5 Å². The van der Waals surface area contributed by atoms with Gasteiger partial charge in [0.2, 0.25) is 5.55 Å². The number of anilines is 1. The molecule has 0 atom stereocenters. The van der Waals surface area contributed by atoms with Crippen molar-refractivity contribution >= 4 is 39.0 Å². The normalized spacial score (nSPS) is 11.7. The number of phenolic OH excluding ortho intramolecular Hbond substituents is 1. The molecule has 1 amide bonds. The number of aryl methyl sites for hydroxylation is 2. The summed E-state index contributed by atoms with van der Waals surface area (Å²) in [6.45, 7) is 3.92. The van der Waals surface area contributed by atoms with Gasteiger partial charge in [0.05, 0.1) is 5.69 Å². The smallest absolute Gasteiger partial charge is 0.262 e. The summed E-state index contributed by atoms with van der Waals surface area (Å²) in [6.07, 6.45) is 1.62. The second kappa shape index (κ2) is 7.28. The maximum atomic E-state index is 12.9. The molecule has 7 heteroatoms. The number of hydrogen-bond donors (Lipinski definition) is 2. The van der Waals surface area contributed by atoms with Crippen LogP contribution in [-0.2, 0) is 0 Å². The lowest BCUT2D eigenvalue weighted by Gasteiger charge is -2.06. The Balaban J connectivity index is 1.92. The topological polar surface area (TPSA) is 87.7 Å². The quantitative estimate of drug-likeness (QED) is 0.530. The van der Waals surface area contributed by atoms with Crippen molar-refractivity contribution < 1.29 is 14.3 Å². The van der Waals surface area contributed by atoms with Gasteiger partial charge in [-0.15, -0.1) is 11.3 Å². The average molecular weight is 391 g/mol. The van der Waals surface area contributed by atoms with E-state index in [-0.39, 0.29) is 22.8 Å². The van der Waals surface area contributed by atoms with E-state index in [1.54, 1.807) is 29.8 Å². The number of phenols is 1. The van der Waals surface area contributed by atoms with Crippen LogP contribution < -0.4 is 10.9 Å². The number of carbonyl (C=O) groups is 1. The molecule has 2 aromatic heterocycles. The van der Waals surface area contributed by atoms with Gasteiger partial charge in [-0.2, -0.15) is 0 Å². The van der Waals surface area contributed by atoms with E-state index in [9.17, 15) is 9.90 Å². The largest absolute Gasteiger partial charge is 0.508 e. The Morgan fingerprint density at radius 3 is 2.82 bits per heavy atom. The van der Waals surface area contributed by atoms with Gasteiger partial charge in [-0.05, 0) is 49.2 Å². The molecular weight excluding hydrogens is 374 g/mol. The molecule has 0 saturated heterocycles. The van der Waals surface area contributed by atoms with Crippen molar-refractivity contribution in [3.8, 4) is 5.75 Å². The molecule has 0 saturated carbocycles. The van der Waals surface area contributed by atoms with Crippen molar-refractivity contribution in [2.24, 2.45) is 4.99 Å². The van der Waals surface area contributed by atoms with Crippen LogP contribution in [-0.4, -0.2) is 16.0 Å². The minimum Gasteiger partial charge on any atom is -0.508 e. The van der Waals surface area contributed by atoms with Crippen molar-refractivity contribution in [3.05, 3.63) is 76.3 Å². The van der Waals surface area contributed by atoms with E-state index in [0.29, 0.717) is 21.8 Å². The number of carbonyl (C=O) groups excluding carboxylic acids is 1. The van der Waals surface area contributed by atoms with E-state index < -0.39 is 0 Å². The summed E-state index contributed by atoms with van der Waals surface area (Å²) >= 11 is 1.33. The number of amides is 1. The van der Waals surface area contributed by atoms with Crippen molar-refractivity contribution in [1.29, 1.82) is 0 Å². The average Bonchev–Trinajstić information content (AvgIpc) is 3.17. The predicted octanol–water partition coefficient (Wildman–Crippen LogP) is 4.70. The lowest BCUT2D eigenvalue weighted by Crippen LogP contribution is -2.21. The van der Waals surface area contributed by atoms with Crippen molar-refractivity contribution in [1.82, 2.24) is 4.98 Å². The molecule has 4 aromatic rings. The van der Waals surface area contributed by atoms with Crippen LogP contribution in [0.5, 0.6) is 5.75 Å². The molecule has 0 spiro atoms. The second-order valence-electron chi connectivity index (χ2n) is 6.38. The van der Waals surface area contributed by atoms with Crippen LogP contribution >= 0.6 is 11.3 Å². The number of aromatic nitrogens is 1. The van der Waals surface area contributed by atoms with Crippen molar-refractivity contribution in [3.63, 3.8) is 0 Å². The fourth-order valence-electron chi connectivity index (χ4n) is 2.75. The first kappa shape index (κ1) is 17.9. The van der Waals surface area contributed by atoms with Gasteiger partial charge in [0.25, 0.3) is 5.91 Å². The fraction of sp³-hybridized carbons (Fsp3) is 0.0952. The van der Waals surface area contributed by atoms with Crippen LogP contribution in [0.25, 0.3) is 11.0 Å². The number of rotatable bonds is 3. The van der Waals surface area contributed by atoms with Gasteiger partial charge in [-0.25, -0.2) is 9.98 Å². The van der Waals surface area contributed by atoms with Crippen LogP contribution in [0.4, 0.5) is 10.8 Å². The zero-order valence-electron chi connectivity index (χ0n) is 15.3. The van der Waals surface area contributed by atoms with Gasteiger partial charge in [-0.1, -0.05) is 12.1 Å².